The second-order valence-corrected chi connectivity index (χ2v) is 4.39. The van der Waals surface area contributed by atoms with Gasteiger partial charge in [0.15, 0.2) is 0 Å². The second kappa shape index (κ2) is 6.89. The first-order valence-corrected chi connectivity index (χ1v) is 5.97. The summed E-state index contributed by atoms with van der Waals surface area (Å²) >= 11 is 0. The molecule has 0 bridgehead atoms. The molecular formula is C13H19N3O2. The van der Waals surface area contributed by atoms with Crippen LogP contribution in [0.15, 0.2) is 23.3 Å². The Morgan fingerprint density at radius 2 is 2.17 bits per heavy atom. The molecule has 0 spiro atoms. The summed E-state index contributed by atoms with van der Waals surface area (Å²) in [5.41, 5.74) is 10.6. The number of azide groups is 1. The fourth-order valence-corrected chi connectivity index (χ4v) is 1.83. The lowest BCUT2D eigenvalue weighted by Gasteiger charge is -2.17. The number of benzene rings is 1. The number of aliphatic hydroxyl groups is 1. The molecule has 0 saturated heterocycles. The molecule has 1 rings (SSSR count). The highest BCUT2D eigenvalue weighted by molar-refractivity contribution is 5.40. The molecule has 1 atom stereocenters. The fourth-order valence-electron chi connectivity index (χ4n) is 1.83. The van der Waals surface area contributed by atoms with Gasteiger partial charge in [-0.3, -0.25) is 0 Å². The predicted molar refractivity (Wildman–Crippen MR) is 70.7 cm³/mol. The van der Waals surface area contributed by atoms with Crippen molar-refractivity contribution >= 4 is 0 Å². The number of aliphatic hydroxyl groups excluding tert-OH is 1. The van der Waals surface area contributed by atoms with Crippen LogP contribution in [0.1, 0.15) is 43.4 Å². The first-order chi connectivity index (χ1) is 8.63. The largest absolute Gasteiger partial charge is 0.496 e. The van der Waals surface area contributed by atoms with Crippen molar-refractivity contribution in [3.8, 4) is 5.75 Å². The summed E-state index contributed by atoms with van der Waals surface area (Å²) in [6, 6.07) is 5.47. The molecule has 0 amide bonds. The number of ether oxygens (including phenoxy) is 1. The summed E-state index contributed by atoms with van der Waals surface area (Å²) in [7, 11) is 1.58. The van der Waals surface area contributed by atoms with Gasteiger partial charge in [0, 0.05) is 17.1 Å². The van der Waals surface area contributed by atoms with Gasteiger partial charge in [-0.05, 0) is 29.5 Å². The zero-order valence-electron chi connectivity index (χ0n) is 11.0. The SMILES string of the molecule is COc1ccc(C(C)C)cc1C(CCO)N=[N+]=[N-]. The van der Waals surface area contributed by atoms with E-state index in [4.69, 9.17) is 15.4 Å². The van der Waals surface area contributed by atoms with Crippen LogP contribution in [-0.4, -0.2) is 18.8 Å². The van der Waals surface area contributed by atoms with E-state index in [0.717, 1.165) is 11.1 Å². The molecule has 1 unspecified atom stereocenters. The molecule has 0 saturated carbocycles. The molecule has 0 fully saturated rings. The van der Waals surface area contributed by atoms with Crippen LogP contribution in [0.25, 0.3) is 10.4 Å². The van der Waals surface area contributed by atoms with Crippen molar-refractivity contribution in [2.24, 2.45) is 5.11 Å². The number of methoxy groups -OCH3 is 1. The molecule has 18 heavy (non-hydrogen) atoms. The lowest BCUT2D eigenvalue weighted by molar-refractivity contribution is 0.275. The van der Waals surface area contributed by atoms with Crippen molar-refractivity contribution in [1.82, 2.24) is 0 Å². The van der Waals surface area contributed by atoms with E-state index in [2.05, 4.69) is 23.9 Å². The summed E-state index contributed by atoms with van der Waals surface area (Å²) in [5, 5.41) is 12.8. The molecule has 98 valence electrons. The second-order valence-electron chi connectivity index (χ2n) is 4.39. The zero-order valence-corrected chi connectivity index (χ0v) is 11.0. The fraction of sp³-hybridized carbons (Fsp3) is 0.538. The van der Waals surface area contributed by atoms with Crippen molar-refractivity contribution in [1.29, 1.82) is 0 Å². The molecule has 0 aliphatic heterocycles. The number of hydrogen-bond donors (Lipinski definition) is 1. The molecule has 0 aromatic heterocycles. The Hall–Kier alpha value is -1.71. The summed E-state index contributed by atoms with van der Waals surface area (Å²) in [4.78, 5) is 2.84. The first kappa shape index (κ1) is 14.4. The van der Waals surface area contributed by atoms with Gasteiger partial charge in [0.25, 0.3) is 0 Å². The van der Waals surface area contributed by atoms with Gasteiger partial charge in [-0.25, -0.2) is 0 Å². The van der Waals surface area contributed by atoms with Gasteiger partial charge in [-0.15, -0.1) is 0 Å². The third-order valence-corrected chi connectivity index (χ3v) is 2.87. The summed E-state index contributed by atoms with van der Waals surface area (Å²) < 4.78 is 5.29. The molecule has 5 heteroatoms. The van der Waals surface area contributed by atoms with E-state index < -0.39 is 6.04 Å². The number of nitrogens with zero attached hydrogens (tertiary/aromatic N) is 3. The molecule has 1 aromatic rings. The Morgan fingerprint density at radius 1 is 1.44 bits per heavy atom. The minimum atomic E-state index is -0.395. The topological polar surface area (TPSA) is 78.2 Å². The van der Waals surface area contributed by atoms with E-state index in [1.807, 2.05) is 18.2 Å². The van der Waals surface area contributed by atoms with Gasteiger partial charge in [-0.2, -0.15) is 0 Å². The van der Waals surface area contributed by atoms with E-state index in [1.165, 1.54) is 0 Å². The summed E-state index contributed by atoms with van der Waals surface area (Å²) in [6.07, 6.45) is 0.391. The van der Waals surface area contributed by atoms with Gasteiger partial charge < -0.3 is 9.84 Å². The van der Waals surface area contributed by atoms with E-state index in [1.54, 1.807) is 7.11 Å². The molecule has 0 radical (unpaired) electrons. The Bertz CT molecular complexity index is 440. The van der Waals surface area contributed by atoms with Crippen molar-refractivity contribution in [2.45, 2.75) is 32.2 Å². The van der Waals surface area contributed by atoms with Gasteiger partial charge in [0.05, 0.1) is 13.2 Å². The molecule has 0 aliphatic carbocycles. The van der Waals surface area contributed by atoms with Crippen LogP contribution in [0.3, 0.4) is 0 Å². The van der Waals surface area contributed by atoms with Crippen molar-refractivity contribution < 1.29 is 9.84 Å². The average Bonchev–Trinajstić information content (AvgIpc) is 2.37. The van der Waals surface area contributed by atoms with Crippen LogP contribution in [0.5, 0.6) is 5.75 Å². The maximum Gasteiger partial charge on any atom is 0.122 e. The molecule has 5 nitrogen and oxygen atoms in total. The van der Waals surface area contributed by atoms with Crippen LogP contribution in [0.4, 0.5) is 0 Å². The van der Waals surface area contributed by atoms with Crippen LogP contribution in [0.2, 0.25) is 0 Å². The summed E-state index contributed by atoms with van der Waals surface area (Å²) in [5.74, 6) is 1.07. The zero-order chi connectivity index (χ0) is 13.5. The predicted octanol–water partition coefficient (Wildman–Crippen LogP) is 3.55. The monoisotopic (exact) mass is 249 g/mol. The minimum absolute atomic E-state index is 0.0290. The Labute approximate surface area is 107 Å². The molecule has 1 aromatic carbocycles. The summed E-state index contributed by atoms with van der Waals surface area (Å²) in [6.45, 7) is 4.17. The Balaban J connectivity index is 3.23. The van der Waals surface area contributed by atoms with E-state index in [0.29, 0.717) is 18.1 Å². The molecule has 1 N–H and O–H groups in total. The maximum atomic E-state index is 9.04. The van der Waals surface area contributed by atoms with Crippen molar-refractivity contribution in [3.63, 3.8) is 0 Å². The van der Waals surface area contributed by atoms with Gasteiger partial charge >= 0.3 is 0 Å². The van der Waals surface area contributed by atoms with Crippen LogP contribution in [-0.2, 0) is 0 Å². The van der Waals surface area contributed by atoms with Crippen LogP contribution >= 0.6 is 0 Å². The maximum absolute atomic E-state index is 9.04. The van der Waals surface area contributed by atoms with E-state index >= 15 is 0 Å². The van der Waals surface area contributed by atoms with E-state index in [9.17, 15) is 0 Å². The molecule has 0 heterocycles. The van der Waals surface area contributed by atoms with Crippen LogP contribution in [0, 0.1) is 0 Å². The highest BCUT2D eigenvalue weighted by Gasteiger charge is 2.15. The molecule has 0 aliphatic rings. The minimum Gasteiger partial charge on any atom is -0.496 e. The smallest absolute Gasteiger partial charge is 0.122 e. The normalized spacial score (nSPS) is 12.1. The van der Waals surface area contributed by atoms with E-state index in [-0.39, 0.29) is 6.61 Å². The van der Waals surface area contributed by atoms with Gasteiger partial charge in [-0.1, -0.05) is 31.1 Å². The number of rotatable bonds is 6. The standard InChI is InChI=1S/C13H19N3O2/c1-9(2)10-4-5-13(18-3)11(8-10)12(6-7-17)15-16-14/h4-5,8-9,12,17H,6-7H2,1-3H3. The highest BCUT2D eigenvalue weighted by atomic mass is 16.5. The van der Waals surface area contributed by atoms with Crippen LogP contribution < -0.4 is 4.74 Å². The lowest BCUT2D eigenvalue weighted by atomic mass is 9.96. The van der Waals surface area contributed by atoms with Gasteiger partial charge in [0.1, 0.15) is 5.75 Å². The van der Waals surface area contributed by atoms with Gasteiger partial charge in [0.2, 0.25) is 0 Å². The third-order valence-electron chi connectivity index (χ3n) is 2.87. The average molecular weight is 249 g/mol. The Morgan fingerprint density at radius 3 is 2.67 bits per heavy atom. The highest BCUT2D eigenvalue weighted by Crippen LogP contribution is 2.32. The Kier molecular flexibility index (Phi) is 5.49. The number of hydrogen-bond acceptors (Lipinski definition) is 3. The van der Waals surface area contributed by atoms with Crippen molar-refractivity contribution in [2.75, 3.05) is 13.7 Å². The third kappa shape index (κ3) is 3.39. The quantitative estimate of drug-likeness (QED) is 0.475. The first-order valence-electron chi connectivity index (χ1n) is 5.97. The molecular weight excluding hydrogens is 230 g/mol. The van der Waals surface area contributed by atoms with Crippen molar-refractivity contribution in [3.05, 3.63) is 39.8 Å². The lowest BCUT2D eigenvalue weighted by Crippen LogP contribution is -2.02.